The highest BCUT2D eigenvalue weighted by atomic mass is 35.5. The molecular weight excluding hydrogens is 288 g/mol. The highest BCUT2D eigenvalue weighted by Gasteiger charge is 2.14. The summed E-state index contributed by atoms with van der Waals surface area (Å²) in [4.78, 5) is 0. The Hall–Kier alpha value is -1.87. The van der Waals surface area contributed by atoms with Crippen molar-refractivity contribution in [2.75, 3.05) is 21.3 Å². The molecule has 3 nitrogen and oxygen atoms in total. The van der Waals surface area contributed by atoms with E-state index in [4.69, 9.17) is 25.8 Å². The van der Waals surface area contributed by atoms with Gasteiger partial charge >= 0.3 is 0 Å². The molecule has 1 unspecified atom stereocenters. The molecule has 0 aromatic heterocycles. The quantitative estimate of drug-likeness (QED) is 0.747. The lowest BCUT2D eigenvalue weighted by Crippen LogP contribution is -2.00. The van der Waals surface area contributed by atoms with E-state index in [9.17, 15) is 0 Å². The molecule has 0 aliphatic rings. The Morgan fingerprint density at radius 3 is 2.19 bits per heavy atom. The molecule has 0 saturated heterocycles. The second-order valence-corrected chi connectivity index (χ2v) is 5.12. The van der Waals surface area contributed by atoms with Crippen molar-refractivity contribution in [3.8, 4) is 17.2 Å². The first-order chi connectivity index (χ1) is 10.2. The van der Waals surface area contributed by atoms with Crippen molar-refractivity contribution in [2.45, 2.75) is 11.8 Å². The summed E-state index contributed by atoms with van der Waals surface area (Å²) in [6.45, 7) is 0. The molecule has 0 amide bonds. The van der Waals surface area contributed by atoms with Crippen LogP contribution < -0.4 is 14.2 Å². The van der Waals surface area contributed by atoms with Crippen LogP contribution in [0, 0.1) is 0 Å². The Morgan fingerprint density at radius 1 is 0.857 bits per heavy atom. The minimum absolute atomic E-state index is 0.166. The van der Waals surface area contributed by atoms with Crippen molar-refractivity contribution in [3.05, 3.63) is 53.6 Å². The molecule has 2 rings (SSSR count). The van der Waals surface area contributed by atoms with Gasteiger partial charge in [-0.3, -0.25) is 0 Å². The van der Waals surface area contributed by atoms with Gasteiger partial charge in [-0.1, -0.05) is 24.3 Å². The van der Waals surface area contributed by atoms with E-state index in [1.165, 1.54) is 0 Å². The molecule has 0 saturated carbocycles. The smallest absolute Gasteiger partial charge is 0.161 e. The van der Waals surface area contributed by atoms with Crippen LogP contribution in [0.25, 0.3) is 0 Å². The molecule has 0 radical (unpaired) electrons. The molecule has 0 spiro atoms. The third-order valence-corrected chi connectivity index (χ3v) is 3.77. The lowest BCUT2D eigenvalue weighted by molar-refractivity contribution is 0.354. The van der Waals surface area contributed by atoms with Crippen LogP contribution in [0.5, 0.6) is 17.2 Å². The fourth-order valence-electron chi connectivity index (χ4n) is 2.23. The molecule has 1 atom stereocenters. The lowest BCUT2D eigenvalue weighted by Gasteiger charge is -2.15. The van der Waals surface area contributed by atoms with E-state index in [0.717, 1.165) is 16.9 Å². The van der Waals surface area contributed by atoms with Crippen LogP contribution in [-0.4, -0.2) is 21.3 Å². The van der Waals surface area contributed by atoms with E-state index in [1.807, 2.05) is 42.5 Å². The summed E-state index contributed by atoms with van der Waals surface area (Å²) in [5.74, 6) is 2.23. The van der Waals surface area contributed by atoms with Gasteiger partial charge in [0, 0.05) is 0 Å². The molecule has 0 aliphatic carbocycles. The Labute approximate surface area is 130 Å². The second kappa shape index (κ2) is 7.23. The van der Waals surface area contributed by atoms with Crippen LogP contribution in [0.15, 0.2) is 42.5 Å². The molecule has 0 aliphatic heterocycles. The third kappa shape index (κ3) is 3.61. The Balaban J connectivity index is 2.22. The highest BCUT2D eigenvalue weighted by Crippen LogP contribution is 2.34. The largest absolute Gasteiger partial charge is 0.496 e. The minimum atomic E-state index is -0.166. The van der Waals surface area contributed by atoms with Gasteiger partial charge in [-0.25, -0.2) is 0 Å². The van der Waals surface area contributed by atoms with Crippen molar-refractivity contribution < 1.29 is 14.2 Å². The zero-order valence-electron chi connectivity index (χ0n) is 12.4. The average molecular weight is 307 g/mol. The number of benzene rings is 2. The fraction of sp³-hybridized carbons (Fsp3) is 0.294. The van der Waals surface area contributed by atoms with E-state index in [1.54, 1.807) is 21.3 Å². The van der Waals surface area contributed by atoms with E-state index in [0.29, 0.717) is 17.9 Å². The van der Waals surface area contributed by atoms with Crippen LogP contribution in [0.2, 0.25) is 0 Å². The maximum absolute atomic E-state index is 6.54. The van der Waals surface area contributed by atoms with Gasteiger partial charge in [0.1, 0.15) is 5.75 Å². The third-order valence-electron chi connectivity index (χ3n) is 3.36. The number of alkyl halides is 1. The highest BCUT2D eigenvalue weighted by molar-refractivity contribution is 6.21. The molecule has 0 heterocycles. The van der Waals surface area contributed by atoms with E-state index < -0.39 is 0 Å². The predicted molar refractivity (Wildman–Crippen MR) is 84.8 cm³/mol. The van der Waals surface area contributed by atoms with Gasteiger partial charge in [0.2, 0.25) is 0 Å². The van der Waals surface area contributed by atoms with Crippen molar-refractivity contribution in [1.82, 2.24) is 0 Å². The topological polar surface area (TPSA) is 27.7 Å². The molecule has 2 aromatic carbocycles. The van der Waals surface area contributed by atoms with Gasteiger partial charge in [-0.2, -0.15) is 0 Å². The van der Waals surface area contributed by atoms with Crippen molar-refractivity contribution in [2.24, 2.45) is 0 Å². The van der Waals surface area contributed by atoms with Crippen LogP contribution in [0.4, 0.5) is 0 Å². The van der Waals surface area contributed by atoms with Crippen LogP contribution >= 0.6 is 11.6 Å². The summed E-state index contributed by atoms with van der Waals surface area (Å²) >= 11 is 6.54. The molecule has 2 aromatic rings. The van der Waals surface area contributed by atoms with E-state index in [2.05, 4.69) is 0 Å². The number of hydrogen-bond acceptors (Lipinski definition) is 3. The normalized spacial score (nSPS) is 11.8. The van der Waals surface area contributed by atoms with E-state index in [-0.39, 0.29) is 5.38 Å². The monoisotopic (exact) mass is 306 g/mol. The number of ether oxygens (including phenoxy) is 3. The maximum atomic E-state index is 6.54. The summed E-state index contributed by atoms with van der Waals surface area (Å²) < 4.78 is 15.9. The standard InChI is InChI=1S/C17H19ClO3/c1-19-15-7-5-4-6-13(15)10-14(18)12-8-9-16(20-2)17(11-12)21-3/h4-9,11,14H,10H2,1-3H3. The zero-order chi connectivity index (χ0) is 15.2. The molecule has 21 heavy (non-hydrogen) atoms. The molecule has 0 fully saturated rings. The first kappa shape index (κ1) is 15.5. The number of methoxy groups -OCH3 is 3. The zero-order valence-corrected chi connectivity index (χ0v) is 13.2. The Kier molecular flexibility index (Phi) is 5.34. The molecule has 4 heteroatoms. The Bertz CT molecular complexity index is 598. The predicted octanol–water partition coefficient (Wildman–Crippen LogP) is 4.24. The van der Waals surface area contributed by atoms with Crippen molar-refractivity contribution >= 4 is 11.6 Å². The summed E-state index contributed by atoms with van der Waals surface area (Å²) in [7, 11) is 4.90. The Morgan fingerprint density at radius 2 is 1.52 bits per heavy atom. The molecule has 112 valence electrons. The number of halogens is 1. The van der Waals surface area contributed by atoms with E-state index >= 15 is 0 Å². The van der Waals surface area contributed by atoms with Gasteiger partial charge in [0.25, 0.3) is 0 Å². The molecule has 0 N–H and O–H groups in total. The summed E-state index contributed by atoms with van der Waals surface area (Å²) in [5.41, 5.74) is 2.06. The van der Waals surface area contributed by atoms with Crippen LogP contribution in [0.1, 0.15) is 16.5 Å². The number of para-hydroxylation sites is 1. The summed E-state index contributed by atoms with van der Waals surface area (Å²) in [5, 5.41) is -0.166. The number of hydrogen-bond donors (Lipinski definition) is 0. The summed E-state index contributed by atoms with van der Waals surface area (Å²) in [6.07, 6.45) is 0.682. The number of rotatable bonds is 6. The first-order valence-electron chi connectivity index (χ1n) is 6.67. The molecular formula is C17H19ClO3. The van der Waals surface area contributed by atoms with Crippen LogP contribution in [0.3, 0.4) is 0 Å². The van der Waals surface area contributed by atoms with Gasteiger partial charge in [0.05, 0.1) is 26.7 Å². The summed E-state index contributed by atoms with van der Waals surface area (Å²) in [6, 6.07) is 13.6. The average Bonchev–Trinajstić information content (AvgIpc) is 2.54. The van der Waals surface area contributed by atoms with Crippen molar-refractivity contribution in [1.29, 1.82) is 0 Å². The first-order valence-corrected chi connectivity index (χ1v) is 7.11. The molecule has 0 bridgehead atoms. The lowest BCUT2D eigenvalue weighted by atomic mass is 10.0. The van der Waals surface area contributed by atoms with Crippen molar-refractivity contribution in [3.63, 3.8) is 0 Å². The SMILES string of the molecule is COc1ccccc1CC(Cl)c1ccc(OC)c(OC)c1. The fourth-order valence-corrected chi connectivity index (χ4v) is 2.53. The van der Waals surface area contributed by atoms with Gasteiger partial charge < -0.3 is 14.2 Å². The van der Waals surface area contributed by atoms with Gasteiger partial charge in [-0.15, -0.1) is 11.6 Å². The van der Waals surface area contributed by atoms with Gasteiger partial charge in [-0.05, 0) is 35.7 Å². The second-order valence-electron chi connectivity index (χ2n) is 4.60. The van der Waals surface area contributed by atoms with Gasteiger partial charge in [0.15, 0.2) is 11.5 Å². The minimum Gasteiger partial charge on any atom is -0.496 e. The maximum Gasteiger partial charge on any atom is 0.161 e. The van der Waals surface area contributed by atoms with Crippen LogP contribution in [-0.2, 0) is 6.42 Å².